The van der Waals surface area contributed by atoms with E-state index in [1.54, 1.807) is 19.2 Å². The molecule has 1 saturated carbocycles. The highest BCUT2D eigenvalue weighted by Gasteiger charge is 2.45. The van der Waals surface area contributed by atoms with Crippen molar-refractivity contribution in [3.05, 3.63) is 77.1 Å². The molecule has 1 unspecified atom stereocenters. The second-order valence-corrected chi connectivity index (χ2v) is 17.9. The third kappa shape index (κ3) is 12.5. The lowest BCUT2D eigenvalue weighted by molar-refractivity contribution is -0.136. The summed E-state index contributed by atoms with van der Waals surface area (Å²) in [7, 11) is 1.68. The number of piperazine rings is 1. The van der Waals surface area contributed by atoms with E-state index >= 15 is 0 Å². The summed E-state index contributed by atoms with van der Waals surface area (Å²) in [5.74, 6) is -1.42. The summed E-state index contributed by atoms with van der Waals surface area (Å²) >= 11 is 0. The van der Waals surface area contributed by atoms with Crippen molar-refractivity contribution in [2.45, 2.75) is 76.1 Å². The van der Waals surface area contributed by atoms with E-state index < -0.39 is 29.7 Å². The maximum Gasteiger partial charge on any atom is 0.262 e. The normalized spacial score (nSPS) is 20.4. The smallest absolute Gasteiger partial charge is 0.262 e. The molecule has 5 heterocycles. The molecule has 0 bridgehead atoms. The number of methoxy groups -OCH3 is 1. The van der Waals surface area contributed by atoms with Gasteiger partial charge in [0.05, 0.1) is 70.1 Å². The molecule has 4 amide bonds. The first-order valence-corrected chi connectivity index (χ1v) is 24.2. The minimum Gasteiger partial charge on any atom is -0.393 e. The first-order chi connectivity index (χ1) is 33.3. The fourth-order valence-electron chi connectivity index (χ4n) is 9.56. The zero-order valence-electron chi connectivity index (χ0n) is 39.2. The number of hydrogen-bond donors (Lipinski definition) is 3. The third-order valence-corrected chi connectivity index (χ3v) is 13.3. The van der Waals surface area contributed by atoms with Crippen LogP contribution in [0, 0.1) is 0 Å². The van der Waals surface area contributed by atoms with Crippen molar-refractivity contribution in [1.82, 2.24) is 34.6 Å². The number of aryl methyl sites for hydroxylation is 1. The summed E-state index contributed by atoms with van der Waals surface area (Å²) in [6, 6.07) is 13.4. The lowest BCUT2D eigenvalue weighted by Gasteiger charge is -2.34. The van der Waals surface area contributed by atoms with E-state index in [0.717, 1.165) is 97.6 Å². The molecule has 1 atom stereocenters. The molecule has 8 rings (SSSR count). The molecule has 3 aliphatic heterocycles. The quantitative estimate of drug-likeness (QED) is 0.0639. The van der Waals surface area contributed by atoms with Crippen LogP contribution in [0.4, 0.5) is 5.95 Å². The van der Waals surface area contributed by atoms with Crippen LogP contribution < -0.4 is 10.6 Å². The Kier molecular flexibility index (Phi) is 17.7. The Labute approximate surface area is 397 Å². The predicted octanol–water partition coefficient (Wildman–Crippen LogP) is 3.85. The molecule has 2 aromatic heterocycles. The van der Waals surface area contributed by atoms with Crippen LogP contribution in [-0.2, 0) is 46.2 Å². The van der Waals surface area contributed by atoms with Crippen LogP contribution in [0.5, 0.6) is 0 Å². The van der Waals surface area contributed by atoms with Gasteiger partial charge in [0.25, 0.3) is 11.8 Å². The number of aromatic nitrogens is 3. The van der Waals surface area contributed by atoms with Gasteiger partial charge in [-0.05, 0) is 67.7 Å². The third-order valence-electron chi connectivity index (χ3n) is 13.3. The van der Waals surface area contributed by atoms with E-state index in [1.807, 2.05) is 12.3 Å². The predicted molar refractivity (Wildman–Crippen MR) is 253 cm³/mol. The highest BCUT2D eigenvalue weighted by molar-refractivity contribution is 6.24. The number of rotatable bonds is 25. The maximum atomic E-state index is 13.3. The van der Waals surface area contributed by atoms with E-state index in [-0.39, 0.29) is 24.5 Å². The molecule has 0 spiro atoms. The van der Waals surface area contributed by atoms with Crippen LogP contribution in [0.1, 0.15) is 82.8 Å². The summed E-state index contributed by atoms with van der Waals surface area (Å²) in [5.41, 5.74) is 5.84. The Morgan fingerprint density at radius 2 is 1.46 bits per heavy atom. The van der Waals surface area contributed by atoms with Crippen LogP contribution in [0.25, 0.3) is 22.2 Å². The average Bonchev–Trinajstić information content (AvgIpc) is 3.85. The van der Waals surface area contributed by atoms with Crippen LogP contribution in [0.15, 0.2) is 54.9 Å². The highest BCUT2D eigenvalue weighted by atomic mass is 16.6. The lowest BCUT2D eigenvalue weighted by Crippen LogP contribution is -2.54. The molecule has 3 N–H and O–H groups in total. The second kappa shape index (κ2) is 24.4. The Balaban J connectivity index is 0.652. The van der Waals surface area contributed by atoms with Crippen LogP contribution >= 0.6 is 0 Å². The van der Waals surface area contributed by atoms with E-state index in [2.05, 4.69) is 60.4 Å². The minimum atomic E-state index is -0.983. The van der Waals surface area contributed by atoms with Crippen LogP contribution in [0.3, 0.4) is 0 Å². The van der Waals surface area contributed by atoms with Gasteiger partial charge < -0.3 is 38.7 Å². The standard InChI is InChI=1S/C50H66N8O10/c1-64-24-17-51-50-52-32-41-42(34-57(46(41)54-50)38-11-13-39(59)14-12-38)36-9-7-35(8-10-36)33-56-20-18-55(19-21-56)22-25-66-27-29-68-31-30-67-28-26-65-23-3-5-37-4-2-6-40-45(37)49(63)58(48(40)62)43-15-16-44(60)53-47(43)61/h2,4,6-10,32,34,38-39,43,59H,3,5,11-31,33H2,1H3,(H,51,52,54)(H,53,60,61). The fourth-order valence-corrected chi connectivity index (χ4v) is 9.56. The molecular weight excluding hydrogens is 873 g/mol. The summed E-state index contributed by atoms with van der Waals surface area (Å²) in [6.45, 7) is 11.0. The van der Waals surface area contributed by atoms with E-state index in [1.165, 1.54) is 5.56 Å². The molecule has 68 heavy (non-hydrogen) atoms. The fraction of sp³-hybridized carbons (Fsp3) is 0.560. The van der Waals surface area contributed by atoms with Crippen LogP contribution in [-0.4, -0.2) is 176 Å². The van der Waals surface area contributed by atoms with E-state index in [9.17, 15) is 24.3 Å². The number of imide groups is 2. The Hall–Kier alpha value is -5.18. The topological polar surface area (TPSA) is 199 Å². The molecule has 4 aliphatic rings. The van der Waals surface area contributed by atoms with Crippen molar-refractivity contribution >= 4 is 40.6 Å². The minimum absolute atomic E-state index is 0.0832. The molecule has 18 heteroatoms. The summed E-state index contributed by atoms with van der Waals surface area (Å²) < 4.78 is 30.4. The van der Waals surface area contributed by atoms with Gasteiger partial charge in [-0.2, -0.15) is 4.98 Å². The Morgan fingerprint density at radius 1 is 0.765 bits per heavy atom. The van der Waals surface area contributed by atoms with Gasteiger partial charge in [0.15, 0.2) is 0 Å². The van der Waals surface area contributed by atoms with Gasteiger partial charge >= 0.3 is 0 Å². The molecule has 2 saturated heterocycles. The van der Waals surface area contributed by atoms with Gasteiger partial charge in [-0.3, -0.25) is 39.2 Å². The molecule has 0 radical (unpaired) electrons. The number of piperidine rings is 1. The van der Waals surface area contributed by atoms with Gasteiger partial charge in [-0.15, -0.1) is 0 Å². The summed E-state index contributed by atoms with van der Waals surface area (Å²) in [6.07, 6.45) is 8.78. The largest absolute Gasteiger partial charge is 0.393 e. The molecule has 366 valence electrons. The van der Waals surface area contributed by atoms with Gasteiger partial charge in [0.2, 0.25) is 17.8 Å². The lowest BCUT2D eigenvalue weighted by atomic mass is 9.93. The van der Waals surface area contributed by atoms with Gasteiger partial charge in [-0.1, -0.05) is 36.4 Å². The number of anilines is 1. The van der Waals surface area contributed by atoms with Crippen molar-refractivity contribution in [1.29, 1.82) is 0 Å². The number of carbonyl (C=O) groups is 4. The number of amides is 4. The molecular formula is C50H66N8O10. The number of aliphatic hydroxyl groups is 1. The van der Waals surface area contributed by atoms with E-state index in [4.69, 9.17) is 28.7 Å². The van der Waals surface area contributed by atoms with Crippen LogP contribution in [0.2, 0.25) is 0 Å². The summed E-state index contributed by atoms with van der Waals surface area (Å²) in [4.78, 5) is 65.8. The number of ether oxygens (including phenoxy) is 5. The van der Waals surface area contributed by atoms with Gasteiger partial charge in [0.1, 0.15) is 11.7 Å². The average molecular weight is 939 g/mol. The van der Waals surface area contributed by atoms with Crippen molar-refractivity contribution in [2.75, 3.05) is 111 Å². The molecule has 1 aliphatic carbocycles. The number of nitrogens with zero attached hydrogens (tertiary/aromatic N) is 6. The van der Waals surface area contributed by atoms with Crippen molar-refractivity contribution in [3.8, 4) is 11.1 Å². The molecule has 18 nitrogen and oxygen atoms in total. The zero-order valence-corrected chi connectivity index (χ0v) is 39.2. The zero-order chi connectivity index (χ0) is 47.2. The number of benzene rings is 2. The van der Waals surface area contributed by atoms with Crippen molar-refractivity contribution in [3.63, 3.8) is 0 Å². The second-order valence-electron chi connectivity index (χ2n) is 17.9. The number of fused-ring (bicyclic) bond motifs is 2. The van der Waals surface area contributed by atoms with Crippen molar-refractivity contribution in [2.24, 2.45) is 0 Å². The first kappa shape index (κ1) is 49.2. The molecule has 3 fully saturated rings. The molecule has 4 aromatic rings. The van der Waals surface area contributed by atoms with E-state index in [0.29, 0.717) is 96.4 Å². The Morgan fingerprint density at radius 3 is 2.16 bits per heavy atom. The van der Waals surface area contributed by atoms with Gasteiger partial charge in [0, 0.05) is 95.3 Å². The maximum absolute atomic E-state index is 13.3. The first-order valence-electron chi connectivity index (χ1n) is 24.2. The monoisotopic (exact) mass is 938 g/mol. The number of aliphatic hydroxyl groups excluding tert-OH is 1. The number of hydrogen-bond acceptors (Lipinski definition) is 15. The number of carbonyl (C=O) groups excluding carboxylic acids is 4. The van der Waals surface area contributed by atoms with Gasteiger partial charge in [-0.25, -0.2) is 4.98 Å². The van der Waals surface area contributed by atoms with Crippen molar-refractivity contribution < 1.29 is 48.0 Å². The highest BCUT2D eigenvalue weighted by Crippen LogP contribution is 2.37. The Bertz CT molecular complexity index is 2330. The summed E-state index contributed by atoms with van der Waals surface area (Å²) in [5, 5.41) is 16.7. The SMILES string of the molecule is COCCNc1ncc2c(-c3ccc(CN4CCN(CCOCCOCCOCCOCCCc5cccc6c5C(=O)N(C5CCC(=O)NC5=O)C6=O)CC4)cc3)cn(C3CCC(O)CC3)c2n1. The number of nitrogens with one attached hydrogen (secondary N) is 2. The molecule has 2 aromatic carbocycles.